The van der Waals surface area contributed by atoms with Gasteiger partial charge in [-0.1, -0.05) is 6.07 Å². The number of ether oxygens (including phenoxy) is 1. The van der Waals surface area contributed by atoms with Crippen LogP contribution in [-0.4, -0.2) is 54.3 Å². The predicted molar refractivity (Wildman–Crippen MR) is 116 cm³/mol. The molecule has 154 valence electrons. The van der Waals surface area contributed by atoms with Crippen molar-refractivity contribution in [3.63, 3.8) is 0 Å². The van der Waals surface area contributed by atoms with Gasteiger partial charge in [0, 0.05) is 38.1 Å². The number of nitrogens with one attached hydrogen (secondary N) is 2. The van der Waals surface area contributed by atoms with Crippen LogP contribution in [0.3, 0.4) is 0 Å². The molecule has 1 aromatic carbocycles. The molecule has 1 saturated heterocycles. The number of nitrogens with zero attached hydrogens (tertiary/aromatic N) is 5. The minimum Gasteiger partial charge on any atom is -0.497 e. The summed E-state index contributed by atoms with van der Waals surface area (Å²) in [6, 6.07) is 12.7. The fourth-order valence-electron chi connectivity index (χ4n) is 3.19. The summed E-state index contributed by atoms with van der Waals surface area (Å²) in [5.41, 5.74) is 1.19. The van der Waals surface area contributed by atoms with Crippen molar-refractivity contribution < 1.29 is 9.53 Å². The maximum absolute atomic E-state index is 12.2. The smallest absolute Gasteiger partial charge is 0.323 e. The second kappa shape index (κ2) is 9.08. The Labute approximate surface area is 174 Å². The number of hydrogen-bond acceptors (Lipinski definition) is 7. The van der Waals surface area contributed by atoms with Crippen molar-refractivity contribution in [2.75, 3.05) is 53.7 Å². The highest BCUT2D eigenvalue weighted by Crippen LogP contribution is 2.18. The van der Waals surface area contributed by atoms with Gasteiger partial charge in [-0.2, -0.15) is 0 Å². The van der Waals surface area contributed by atoms with Gasteiger partial charge in [0.05, 0.1) is 25.2 Å². The molecule has 0 saturated carbocycles. The number of piperazine rings is 1. The summed E-state index contributed by atoms with van der Waals surface area (Å²) in [5.74, 6) is 2.36. The summed E-state index contributed by atoms with van der Waals surface area (Å²) in [6.45, 7) is 3.32. The number of carbonyl (C=O) groups is 1. The van der Waals surface area contributed by atoms with Gasteiger partial charge in [-0.15, -0.1) is 0 Å². The molecule has 9 heteroatoms. The van der Waals surface area contributed by atoms with E-state index in [1.54, 1.807) is 50.0 Å². The summed E-state index contributed by atoms with van der Waals surface area (Å²) < 4.78 is 5.10. The number of pyridine rings is 1. The fraction of sp³-hybridized carbons (Fsp3) is 0.238. The zero-order chi connectivity index (χ0) is 20.8. The molecule has 9 nitrogen and oxygen atoms in total. The predicted octanol–water partition coefficient (Wildman–Crippen LogP) is 2.85. The second-order valence-corrected chi connectivity index (χ2v) is 6.74. The van der Waals surface area contributed by atoms with E-state index in [-0.39, 0.29) is 6.03 Å². The zero-order valence-corrected chi connectivity index (χ0v) is 16.7. The lowest BCUT2D eigenvalue weighted by atomic mass is 10.3. The minimum atomic E-state index is -0.361. The van der Waals surface area contributed by atoms with Crippen LogP contribution in [0.5, 0.6) is 5.75 Å². The van der Waals surface area contributed by atoms with E-state index >= 15 is 0 Å². The standard InChI is InChI=1S/C21H23N7O2/c1-30-18-7-5-16(6-8-18)25-21(29)26-17-14-23-20(24-15-17)28-12-10-27(11-13-28)19-4-2-3-9-22-19/h2-9,14-15H,10-13H2,1H3,(H2,25,26,29). The third-order valence-corrected chi connectivity index (χ3v) is 4.78. The van der Waals surface area contributed by atoms with Gasteiger partial charge in [0.1, 0.15) is 11.6 Å². The molecule has 0 spiro atoms. The van der Waals surface area contributed by atoms with Crippen LogP contribution in [0.25, 0.3) is 0 Å². The Balaban J connectivity index is 1.29. The van der Waals surface area contributed by atoms with Crippen LogP contribution in [0.1, 0.15) is 0 Å². The molecule has 1 aliphatic heterocycles. The van der Waals surface area contributed by atoms with E-state index < -0.39 is 0 Å². The Hall–Kier alpha value is -3.88. The van der Waals surface area contributed by atoms with Crippen LogP contribution in [0, 0.1) is 0 Å². The summed E-state index contributed by atoms with van der Waals surface area (Å²) in [7, 11) is 1.60. The number of anilines is 4. The molecular formula is C21H23N7O2. The molecule has 3 heterocycles. The van der Waals surface area contributed by atoms with Gasteiger partial charge in [0.25, 0.3) is 0 Å². The van der Waals surface area contributed by atoms with Crippen LogP contribution in [0.15, 0.2) is 61.1 Å². The quantitative estimate of drug-likeness (QED) is 0.674. The van der Waals surface area contributed by atoms with Gasteiger partial charge < -0.3 is 25.2 Å². The maximum Gasteiger partial charge on any atom is 0.323 e. The number of rotatable bonds is 5. The monoisotopic (exact) mass is 405 g/mol. The lowest BCUT2D eigenvalue weighted by Gasteiger charge is -2.35. The molecule has 0 aliphatic carbocycles. The number of amides is 2. The topological polar surface area (TPSA) is 95.5 Å². The van der Waals surface area contributed by atoms with E-state index in [0.29, 0.717) is 17.3 Å². The van der Waals surface area contributed by atoms with Gasteiger partial charge in [-0.25, -0.2) is 19.7 Å². The van der Waals surface area contributed by atoms with Crippen molar-refractivity contribution in [3.8, 4) is 5.75 Å². The number of methoxy groups -OCH3 is 1. The molecular weight excluding hydrogens is 382 g/mol. The van der Waals surface area contributed by atoms with E-state index in [0.717, 1.165) is 37.7 Å². The normalized spacial score (nSPS) is 13.6. The average Bonchev–Trinajstić information content (AvgIpc) is 2.81. The molecule has 0 radical (unpaired) electrons. The van der Waals surface area contributed by atoms with Gasteiger partial charge in [0.15, 0.2) is 0 Å². The molecule has 1 aliphatic rings. The van der Waals surface area contributed by atoms with E-state index in [4.69, 9.17) is 4.74 Å². The molecule has 2 amide bonds. The summed E-state index contributed by atoms with van der Waals surface area (Å²) in [4.78, 5) is 29.7. The van der Waals surface area contributed by atoms with Crippen LogP contribution in [-0.2, 0) is 0 Å². The van der Waals surface area contributed by atoms with Crippen LogP contribution >= 0.6 is 0 Å². The molecule has 0 bridgehead atoms. The summed E-state index contributed by atoms with van der Waals surface area (Å²) >= 11 is 0. The highest BCUT2D eigenvalue weighted by Gasteiger charge is 2.19. The fourth-order valence-corrected chi connectivity index (χ4v) is 3.19. The van der Waals surface area contributed by atoms with Gasteiger partial charge in [-0.05, 0) is 36.4 Å². The average molecular weight is 405 g/mol. The number of hydrogen-bond donors (Lipinski definition) is 2. The highest BCUT2D eigenvalue weighted by molar-refractivity contribution is 5.99. The van der Waals surface area contributed by atoms with Gasteiger partial charge >= 0.3 is 6.03 Å². The van der Waals surface area contributed by atoms with Crippen molar-refractivity contribution in [2.24, 2.45) is 0 Å². The third-order valence-electron chi connectivity index (χ3n) is 4.78. The van der Waals surface area contributed by atoms with Crippen molar-refractivity contribution >= 4 is 29.2 Å². The zero-order valence-electron chi connectivity index (χ0n) is 16.7. The first kappa shape index (κ1) is 19.4. The van der Waals surface area contributed by atoms with E-state index in [2.05, 4.69) is 35.4 Å². The first-order valence-corrected chi connectivity index (χ1v) is 9.66. The molecule has 2 aromatic heterocycles. The summed E-state index contributed by atoms with van der Waals surface area (Å²) in [5, 5.41) is 5.49. The van der Waals surface area contributed by atoms with Crippen molar-refractivity contribution in [2.45, 2.75) is 0 Å². The maximum atomic E-state index is 12.2. The second-order valence-electron chi connectivity index (χ2n) is 6.74. The minimum absolute atomic E-state index is 0.361. The molecule has 1 fully saturated rings. The lowest BCUT2D eigenvalue weighted by molar-refractivity contribution is 0.262. The first-order valence-electron chi connectivity index (χ1n) is 9.66. The Bertz CT molecular complexity index is 957. The van der Waals surface area contributed by atoms with E-state index in [1.165, 1.54) is 0 Å². The van der Waals surface area contributed by atoms with Crippen molar-refractivity contribution in [3.05, 3.63) is 61.1 Å². The molecule has 4 rings (SSSR count). The van der Waals surface area contributed by atoms with Crippen LogP contribution in [0.4, 0.5) is 27.9 Å². The number of benzene rings is 1. The largest absolute Gasteiger partial charge is 0.497 e. The molecule has 2 N–H and O–H groups in total. The number of aromatic nitrogens is 3. The molecule has 30 heavy (non-hydrogen) atoms. The lowest BCUT2D eigenvalue weighted by Crippen LogP contribution is -2.47. The van der Waals surface area contributed by atoms with Gasteiger partial charge in [0.2, 0.25) is 5.95 Å². The van der Waals surface area contributed by atoms with Crippen LogP contribution in [0.2, 0.25) is 0 Å². The first-order chi connectivity index (χ1) is 14.7. The van der Waals surface area contributed by atoms with E-state index in [1.807, 2.05) is 18.2 Å². The Morgan fingerprint density at radius 3 is 2.17 bits per heavy atom. The third kappa shape index (κ3) is 4.75. The van der Waals surface area contributed by atoms with Crippen LogP contribution < -0.4 is 25.2 Å². The molecule has 0 atom stereocenters. The highest BCUT2D eigenvalue weighted by atomic mass is 16.5. The molecule has 3 aromatic rings. The van der Waals surface area contributed by atoms with E-state index in [9.17, 15) is 4.79 Å². The number of carbonyl (C=O) groups excluding carboxylic acids is 1. The Morgan fingerprint density at radius 2 is 1.53 bits per heavy atom. The van der Waals surface area contributed by atoms with Crippen molar-refractivity contribution in [1.29, 1.82) is 0 Å². The number of urea groups is 1. The van der Waals surface area contributed by atoms with Gasteiger partial charge in [-0.3, -0.25) is 0 Å². The van der Waals surface area contributed by atoms with Crippen molar-refractivity contribution in [1.82, 2.24) is 15.0 Å². The Morgan fingerprint density at radius 1 is 0.867 bits per heavy atom. The Kier molecular flexibility index (Phi) is 5.88. The SMILES string of the molecule is COc1ccc(NC(=O)Nc2cnc(N3CCN(c4ccccn4)CC3)nc2)cc1. The summed E-state index contributed by atoms with van der Waals surface area (Å²) in [6.07, 6.45) is 5.03. The molecule has 0 unspecified atom stereocenters.